The van der Waals surface area contributed by atoms with E-state index in [-0.39, 0.29) is 0 Å². The first-order chi connectivity index (χ1) is 6.18. The maximum Gasteiger partial charge on any atom is 0.322 e. The third-order valence-electron chi connectivity index (χ3n) is 1.26. The van der Waals surface area contributed by atoms with Gasteiger partial charge in [0, 0.05) is 0 Å². The maximum absolute atomic E-state index is 3.37. The van der Waals surface area contributed by atoms with Gasteiger partial charge in [-0.1, -0.05) is 31.8 Å². The van der Waals surface area contributed by atoms with Crippen molar-refractivity contribution in [3.8, 4) is 0 Å². The maximum atomic E-state index is 3.37. The van der Waals surface area contributed by atoms with Crippen LogP contribution in [-0.4, -0.2) is 16.9 Å². The van der Waals surface area contributed by atoms with E-state index >= 15 is 0 Å². The summed E-state index contributed by atoms with van der Waals surface area (Å²) in [6, 6.07) is 0. The lowest BCUT2D eigenvalue weighted by molar-refractivity contribution is 0.729. The van der Waals surface area contributed by atoms with Crippen LogP contribution in [0.3, 0.4) is 0 Å². The lowest BCUT2D eigenvalue weighted by Gasteiger charge is -1.90. The highest BCUT2D eigenvalue weighted by Gasteiger charge is 1.93. The van der Waals surface area contributed by atoms with E-state index in [2.05, 4.69) is 50.5 Å². The van der Waals surface area contributed by atoms with Crippen LogP contribution in [-0.2, 0) is 0 Å². The Morgan fingerprint density at radius 2 is 1.77 bits per heavy atom. The van der Waals surface area contributed by atoms with Crippen molar-refractivity contribution in [2.24, 2.45) is 0 Å². The standard InChI is InChI=1S/C7H13BBr2.C2H6S/c1-2-3-4-5-6-7-8(9)10;1-3-2/h6-7H,2-5H2,1H3;1-2H3/b7-6+;. The first kappa shape index (κ1) is 16.5. The highest BCUT2D eigenvalue weighted by molar-refractivity contribution is 9.49. The van der Waals surface area contributed by atoms with Gasteiger partial charge in [0.2, 0.25) is 0 Å². The zero-order chi connectivity index (χ0) is 10.5. The third kappa shape index (κ3) is 24.6. The number of unbranched alkanes of at least 4 members (excludes halogenated alkanes) is 3. The molecule has 0 aromatic carbocycles. The average molecular weight is 330 g/mol. The van der Waals surface area contributed by atoms with E-state index in [1.807, 2.05) is 12.5 Å². The largest absolute Gasteiger partial charge is 0.322 e. The summed E-state index contributed by atoms with van der Waals surface area (Å²) >= 11 is 8.50. The van der Waals surface area contributed by atoms with Crippen LogP contribution in [0.15, 0.2) is 12.1 Å². The fourth-order valence-electron chi connectivity index (χ4n) is 0.711. The summed E-state index contributed by atoms with van der Waals surface area (Å²) in [7, 11) is 0. The number of hydrogen-bond donors (Lipinski definition) is 0. The fraction of sp³-hybridized carbons (Fsp3) is 0.778. The van der Waals surface area contributed by atoms with Crippen molar-refractivity contribution in [2.45, 2.75) is 32.6 Å². The summed E-state index contributed by atoms with van der Waals surface area (Å²) < 4.78 is 0.349. The Labute approximate surface area is 104 Å². The van der Waals surface area contributed by atoms with Gasteiger partial charge in [-0.05, 0) is 25.4 Å². The molecule has 0 aliphatic carbocycles. The molecule has 0 fully saturated rings. The van der Waals surface area contributed by atoms with E-state index in [4.69, 9.17) is 0 Å². The summed E-state index contributed by atoms with van der Waals surface area (Å²) in [6.07, 6.45) is 11.5. The van der Waals surface area contributed by atoms with Crippen LogP contribution in [0.2, 0.25) is 0 Å². The molecular formula is C9H19BBr2S. The molecule has 78 valence electrons. The molecule has 0 rings (SSSR count). The Balaban J connectivity index is 0. The third-order valence-corrected chi connectivity index (χ3v) is 1.87. The molecule has 0 saturated carbocycles. The molecule has 0 heterocycles. The van der Waals surface area contributed by atoms with E-state index in [1.54, 1.807) is 11.8 Å². The van der Waals surface area contributed by atoms with Crippen LogP contribution in [0.4, 0.5) is 0 Å². The minimum atomic E-state index is 0.349. The molecule has 0 aliphatic rings. The van der Waals surface area contributed by atoms with Gasteiger partial charge in [0.05, 0.1) is 0 Å². The van der Waals surface area contributed by atoms with Gasteiger partial charge >= 0.3 is 4.36 Å². The minimum Gasteiger partial charge on any atom is -0.169 e. The molecule has 0 spiro atoms. The molecule has 0 aliphatic heterocycles. The zero-order valence-corrected chi connectivity index (χ0v) is 12.7. The lowest BCUT2D eigenvalue weighted by atomic mass is 10.1. The monoisotopic (exact) mass is 328 g/mol. The van der Waals surface area contributed by atoms with E-state index in [1.165, 1.54) is 25.7 Å². The second kappa shape index (κ2) is 15.6. The van der Waals surface area contributed by atoms with Crippen LogP contribution >= 0.6 is 43.3 Å². The van der Waals surface area contributed by atoms with Crippen molar-refractivity contribution in [3.05, 3.63) is 12.1 Å². The second-order valence-electron chi connectivity index (χ2n) is 2.67. The van der Waals surface area contributed by atoms with Crippen LogP contribution in [0.1, 0.15) is 32.6 Å². The summed E-state index contributed by atoms with van der Waals surface area (Å²) in [5.74, 6) is 2.12. The quantitative estimate of drug-likeness (QED) is 0.509. The van der Waals surface area contributed by atoms with Gasteiger partial charge < -0.3 is 0 Å². The SMILES string of the molecule is CCCCC/C=C/B(Br)Br.CSC. The molecule has 0 saturated heterocycles. The summed E-state index contributed by atoms with van der Waals surface area (Å²) in [5, 5.41) is 0. The predicted octanol–water partition coefficient (Wildman–Crippen LogP) is 4.92. The Morgan fingerprint density at radius 1 is 1.23 bits per heavy atom. The Morgan fingerprint density at radius 3 is 2.15 bits per heavy atom. The van der Waals surface area contributed by atoms with Crippen LogP contribution < -0.4 is 0 Å². The normalized spacial score (nSPS) is 9.62. The molecule has 4 heteroatoms. The Bertz CT molecular complexity index is 108. The number of thioether (sulfide) groups is 1. The predicted molar refractivity (Wildman–Crippen MR) is 76.3 cm³/mol. The number of rotatable bonds is 5. The molecule has 0 amide bonds. The van der Waals surface area contributed by atoms with Crippen molar-refractivity contribution in [1.82, 2.24) is 0 Å². The summed E-state index contributed by atoms with van der Waals surface area (Å²) in [5.41, 5.74) is 0. The molecular weight excluding hydrogens is 311 g/mol. The van der Waals surface area contributed by atoms with E-state index < -0.39 is 0 Å². The van der Waals surface area contributed by atoms with E-state index in [9.17, 15) is 0 Å². The molecule has 0 unspecified atom stereocenters. The van der Waals surface area contributed by atoms with Crippen molar-refractivity contribution >= 4 is 47.6 Å². The fourth-order valence-corrected chi connectivity index (χ4v) is 1.14. The molecule has 0 aromatic rings. The first-order valence-electron chi connectivity index (χ1n) is 4.53. The molecule has 0 N–H and O–H groups in total. The summed E-state index contributed by atoms with van der Waals surface area (Å²) in [4.78, 5) is 0. The van der Waals surface area contributed by atoms with Gasteiger partial charge in [-0.15, -0.1) is 31.5 Å². The Hall–Kier alpha value is 1.11. The van der Waals surface area contributed by atoms with Crippen molar-refractivity contribution in [2.75, 3.05) is 12.5 Å². The molecule has 0 aromatic heterocycles. The van der Waals surface area contributed by atoms with Crippen LogP contribution in [0.25, 0.3) is 0 Å². The topological polar surface area (TPSA) is 0 Å². The number of halogens is 2. The zero-order valence-electron chi connectivity index (χ0n) is 8.72. The molecule has 0 atom stereocenters. The first-order valence-corrected chi connectivity index (χ1v) is 8.00. The number of hydrogen-bond acceptors (Lipinski definition) is 1. The van der Waals surface area contributed by atoms with Crippen LogP contribution in [0.5, 0.6) is 0 Å². The van der Waals surface area contributed by atoms with Crippen molar-refractivity contribution in [3.63, 3.8) is 0 Å². The van der Waals surface area contributed by atoms with Gasteiger partial charge in [-0.2, -0.15) is 11.8 Å². The van der Waals surface area contributed by atoms with Gasteiger partial charge in [0.15, 0.2) is 0 Å². The molecule has 0 bridgehead atoms. The van der Waals surface area contributed by atoms with Crippen molar-refractivity contribution < 1.29 is 0 Å². The van der Waals surface area contributed by atoms with Gasteiger partial charge in [0.1, 0.15) is 0 Å². The smallest absolute Gasteiger partial charge is 0.169 e. The van der Waals surface area contributed by atoms with E-state index in [0.717, 1.165) is 0 Å². The second-order valence-corrected chi connectivity index (χ2v) is 6.68. The lowest BCUT2D eigenvalue weighted by Crippen LogP contribution is -1.81. The molecule has 0 nitrogen and oxygen atoms in total. The number of allylic oxidation sites excluding steroid dienone is 1. The van der Waals surface area contributed by atoms with Gasteiger partial charge in [-0.25, -0.2) is 0 Å². The Kier molecular flexibility index (Phi) is 19.8. The van der Waals surface area contributed by atoms with Gasteiger partial charge in [-0.3, -0.25) is 0 Å². The van der Waals surface area contributed by atoms with E-state index in [0.29, 0.717) is 4.36 Å². The van der Waals surface area contributed by atoms with Crippen LogP contribution in [0, 0.1) is 0 Å². The molecule has 13 heavy (non-hydrogen) atoms. The highest BCUT2D eigenvalue weighted by atomic mass is 79.9. The average Bonchev–Trinajstić information content (AvgIpc) is 2.05. The molecule has 0 radical (unpaired) electrons. The highest BCUT2D eigenvalue weighted by Crippen LogP contribution is 2.05. The minimum absolute atomic E-state index is 0.349. The van der Waals surface area contributed by atoms with Gasteiger partial charge in [0.25, 0.3) is 0 Å². The van der Waals surface area contributed by atoms with Crippen molar-refractivity contribution in [1.29, 1.82) is 0 Å². The summed E-state index contributed by atoms with van der Waals surface area (Å²) in [6.45, 7) is 2.22.